The first-order valence-electron chi connectivity index (χ1n) is 9.45. The molecule has 0 aromatic carbocycles. The first kappa shape index (κ1) is 21.0. The maximum Gasteiger partial charge on any atom is 0.325 e. The summed E-state index contributed by atoms with van der Waals surface area (Å²) in [5, 5.41) is 2.54. The van der Waals surface area contributed by atoms with E-state index in [1.807, 2.05) is 0 Å². The summed E-state index contributed by atoms with van der Waals surface area (Å²) in [6.45, 7) is 4.37. The lowest BCUT2D eigenvalue weighted by atomic mass is 10.2. The summed E-state index contributed by atoms with van der Waals surface area (Å²) in [5.74, 6) is -0.619. The molecule has 1 fully saturated rings. The first-order valence-corrected chi connectivity index (χ1v) is 9.45. The number of carbonyl (C=O) groups is 2. The Hall–Kier alpha value is -2.35. The van der Waals surface area contributed by atoms with Crippen molar-refractivity contribution in [1.29, 1.82) is 0 Å². The van der Waals surface area contributed by atoms with Gasteiger partial charge < -0.3 is 19.4 Å². The van der Waals surface area contributed by atoms with Crippen molar-refractivity contribution in [3.8, 4) is 5.75 Å². The van der Waals surface area contributed by atoms with Gasteiger partial charge >= 0.3 is 5.97 Å². The highest BCUT2D eigenvalue weighted by Crippen LogP contribution is 2.14. The van der Waals surface area contributed by atoms with Crippen molar-refractivity contribution in [2.24, 2.45) is 0 Å². The van der Waals surface area contributed by atoms with E-state index in [0.717, 1.165) is 31.6 Å². The number of nitrogens with zero attached hydrogens (tertiary/aromatic N) is 2. The Morgan fingerprint density at radius 2 is 1.89 bits per heavy atom. The standard InChI is InChI=1S/C19H29N3O5/c1-3-27-19(25)11-20-18(24)14-22-13-17(26-2)16(23)10-15(22)12-21-8-6-4-5-7-9-21/h10,13H,3-9,11-12,14H2,1-2H3,(H,20,24). The minimum atomic E-state index is -0.479. The summed E-state index contributed by atoms with van der Waals surface area (Å²) < 4.78 is 11.6. The van der Waals surface area contributed by atoms with Crippen LogP contribution in [0.15, 0.2) is 17.1 Å². The number of nitrogens with one attached hydrogen (secondary N) is 1. The van der Waals surface area contributed by atoms with Crippen LogP contribution in [0.4, 0.5) is 0 Å². The SMILES string of the molecule is CCOC(=O)CNC(=O)Cn1cc(OC)c(=O)cc1CN1CCCCCC1. The van der Waals surface area contributed by atoms with Crippen LogP contribution in [-0.2, 0) is 27.4 Å². The molecule has 1 N–H and O–H groups in total. The predicted octanol–water partition coefficient (Wildman–Crippen LogP) is 0.912. The number of aromatic nitrogens is 1. The Morgan fingerprint density at radius 1 is 1.19 bits per heavy atom. The average molecular weight is 379 g/mol. The molecule has 0 bridgehead atoms. The molecule has 150 valence electrons. The van der Waals surface area contributed by atoms with Crippen molar-refractivity contribution in [3.63, 3.8) is 0 Å². The van der Waals surface area contributed by atoms with Crippen LogP contribution in [0.1, 0.15) is 38.3 Å². The normalized spacial score (nSPS) is 15.0. The quantitative estimate of drug-likeness (QED) is 0.676. The van der Waals surface area contributed by atoms with Crippen molar-refractivity contribution in [1.82, 2.24) is 14.8 Å². The number of rotatable bonds is 8. The average Bonchev–Trinajstić information content (AvgIpc) is 2.91. The third kappa shape index (κ3) is 6.71. The fourth-order valence-corrected chi connectivity index (χ4v) is 3.15. The van der Waals surface area contributed by atoms with E-state index in [1.54, 1.807) is 17.7 Å². The predicted molar refractivity (Wildman–Crippen MR) is 101 cm³/mol. The summed E-state index contributed by atoms with van der Waals surface area (Å²) in [4.78, 5) is 38.1. The zero-order valence-corrected chi connectivity index (χ0v) is 16.2. The number of esters is 1. The molecule has 1 aromatic rings. The number of ether oxygens (including phenoxy) is 2. The lowest BCUT2D eigenvalue weighted by Gasteiger charge is -2.22. The molecule has 2 heterocycles. The largest absolute Gasteiger partial charge is 0.491 e. The van der Waals surface area contributed by atoms with E-state index in [2.05, 4.69) is 10.2 Å². The van der Waals surface area contributed by atoms with Gasteiger partial charge in [-0.2, -0.15) is 0 Å². The molecule has 2 rings (SSSR count). The highest BCUT2D eigenvalue weighted by molar-refractivity contribution is 5.81. The molecule has 1 amide bonds. The molecule has 8 nitrogen and oxygen atoms in total. The van der Waals surface area contributed by atoms with Gasteiger partial charge in [-0.1, -0.05) is 12.8 Å². The Labute approximate surface area is 159 Å². The zero-order chi connectivity index (χ0) is 19.6. The number of hydrogen-bond donors (Lipinski definition) is 1. The van der Waals surface area contributed by atoms with E-state index in [1.165, 1.54) is 26.0 Å². The smallest absolute Gasteiger partial charge is 0.325 e. The molecule has 0 aliphatic carbocycles. The molecule has 0 spiro atoms. The fourth-order valence-electron chi connectivity index (χ4n) is 3.15. The molecule has 0 saturated carbocycles. The molecule has 1 saturated heterocycles. The van der Waals surface area contributed by atoms with Gasteiger partial charge in [0, 0.05) is 18.3 Å². The molecule has 1 aromatic heterocycles. The minimum absolute atomic E-state index is 0.000775. The van der Waals surface area contributed by atoms with Crippen molar-refractivity contribution < 1.29 is 19.1 Å². The Morgan fingerprint density at radius 3 is 2.52 bits per heavy atom. The summed E-state index contributed by atoms with van der Waals surface area (Å²) in [6.07, 6.45) is 6.28. The van der Waals surface area contributed by atoms with Gasteiger partial charge in [0.2, 0.25) is 11.3 Å². The van der Waals surface area contributed by atoms with E-state index < -0.39 is 5.97 Å². The number of likely N-dealkylation sites (tertiary alicyclic amines) is 1. The van der Waals surface area contributed by atoms with Gasteiger partial charge in [-0.3, -0.25) is 19.3 Å². The Kier molecular flexibility index (Phi) is 8.32. The Balaban J connectivity index is 2.10. The van der Waals surface area contributed by atoms with Crippen LogP contribution >= 0.6 is 0 Å². The molecule has 1 aliphatic heterocycles. The molecule has 0 radical (unpaired) electrons. The van der Waals surface area contributed by atoms with E-state index in [0.29, 0.717) is 6.54 Å². The molecule has 0 unspecified atom stereocenters. The van der Waals surface area contributed by atoms with Gasteiger partial charge in [0.15, 0.2) is 5.75 Å². The van der Waals surface area contributed by atoms with Gasteiger partial charge in [-0.25, -0.2) is 0 Å². The summed E-state index contributed by atoms with van der Waals surface area (Å²) in [6, 6.07) is 1.53. The van der Waals surface area contributed by atoms with E-state index >= 15 is 0 Å². The summed E-state index contributed by atoms with van der Waals surface area (Å²) in [7, 11) is 1.43. The van der Waals surface area contributed by atoms with E-state index in [-0.39, 0.29) is 36.8 Å². The van der Waals surface area contributed by atoms with Crippen molar-refractivity contribution in [2.75, 3.05) is 33.4 Å². The topological polar surface area (TPSA) is 89.9 Å². The molecular weight excluding hydrogens is 350 g/mol. The maximum atomic E-state index is 12.2. The highest BCUT2D eigenvalue weighted by atomic mass is 16.5. The lowest BCUT2D eigenvalue weighted by molar-refractivity contribution is -0.143. The van der Waals surface area contributed by atoms with Crippen molar-refractivity contribution >= 4 is 11.9 Å². The molecule has 0 atom stereocenters. The van der Waals surface area contributed by atoms with Gasteiger partial charge in [0.05, 0.1) is 19.9 Å². The first-order chi connectivity index (χ1) is 13.0. The number of methoxy groups -OCH3 is 1. The number of carbonyl (C=O) groups excluding carboxylic acids is 2. The molecule has 27 heavy (non-hydrogen) atoms. The lowest BCUT2D eigenvalue weighted by Crippen LogP contribution is -2.35. The molecule has 1 aliphatic rings. The highest BCUT2D eigenvalue weighted by Gasteiger charge is 2.15. The second-order valence-corrected chi connectivity index (χ2v) is 6.60. The summed E-state index contributed by atoms with van der Waals surface area (Å²) >= 11 is 0. The van der Waals surface area contributed by atoms with Crippen LogP contribution in [-0.4, -0.2) is 54.7 Å². The third-order valence-corrected chi connectivity index (χ3v) is 4.54. The third-order valence-electron chi connectivity index (χ3n) is 4.54. The van der Waals surface area contributed by atoms with E-state index in [4.69, 9.17) is 9.47 Å². The van der Waals surface area contributed by atoms with Crippen LogP contribution in [0.25, 0.3) is 0 Å². The Bertz CT molecular complexity index is 693. The van der Waals surface area contributed by atoms with Crippen LogP contribution < -0.4 is 15.5 Å². The van der Waals surface area contributed by atoms with Crippen LogP contribution in [0.3, 0.4) is 0 Å². The second-order valence-electron chi connectivity index (χ2n) is 6.60. The molecule has 8 heteroatoms. The number of hydrogen-bond acceptors (Lipinski definition) is 6. The second kappa shape index (κ2) is 10.7. The van der Waals surface area contributed by atoms with Gasteiger partial charge in [0.25, 0.3) is 0 Å². The number of amides is 1. The molecular formula is C19H29N3O5. The van der Waals surface area contributed by atoms with Crippen molar-refractivity contribution in [2.45, 2.75) is 45.7 Å². The van der Waals surface area contributed by atoms with Gasteiger partial charge in [-0.15, -0.1) is 0 Å². The van der Waals surface area contributed by atoms with Gasteiger partial charge in [0.1, 0.15) is 13.1 Å². The number of pyridine rings is 1. The maximum absolute atomic E-state index is 12.2. The monoisotopic (exact) mass is 379 g/mol. The van der Waals surface area contributed by atoms with Crippen molar-refractivity contribution in [3.05, 3.63) is 28.2 Å². The van der Waals surface area contributed by atoms with Crippen LogP contribution in [0.2, 0.25) is 0 Å². The fraction of sp³-hybridized carbons (Fsp3) is 0.632. The minimum Gasteiger partial charge on any atom is -0.491 e. The zero-order valence-electron chi connectivity index (χ0n) is 16.2. The van der Waals surface area contributed by atoms with E-state index in [9.17, 15) is 14.4 Å². The van der Waals surface area contributed by atoms with Gasteiger partial charge in [-0.05, 0) is 32.9 Å². The van der Waals surface area contributed by atoms with Crippen LogP contribution in [0, 0.1) is 0 Å². The summed E-state index contributed by atoms with van der Waals surface area (Å²) in [5.41, 5.74) is 0.555. The van der Waals surface area contributed by atoms with Crippen LogP contribution in [0.5, 0.6) is 5.75 Å².